The van der Waals surface area contributed by atoms with Crippen LogP contribution in [0.15, 0.2) is 30.6 Å². The van der Waals surface area contributed by atoms with Crippen molar-refractivity contribution in [3.05, 3.63) is 47.8 Å². The maximum absolute atomic E-state index is 13.3. The van der Waals surface area contributed by atoms with Gasteiger partial charge in [0.1, 0.15) is 0 Å². The second kappa shape index (κ2) is 5.49. The molecule has 0 saturated heterocycles. The molecule has 0 aromatic heterocycles. The van der Waals surface area contributed by atoms with E-state index in [9.17, 15) is 18.0 Å². The summed E-state index contributed by atoms with van der Waals surface area (Å²) in [4.78, 5) is 11.0. The second-order valence-corrected chi connectivity index (χ2v) is 3.26. The molecule has 0 aliphatic heterocycles. The van der Waals surface area contributed by atoms with E-state index >= 15 is 0 Å². The van der Waals surface area contributed by atoms with Crippen LogP contribution in [0, 0.1) is 11.6 Å². The van der Waals surface area contributed by atoms with Gasteiger partial charge in [0.25, 0.3) is 5.91 Å². The van der Waals surface area contributed by atoms with Crippen molar-refractivity contribution >= 4 is 5.91 Å². The lowest BCUT2D eigenvalue weighted by molar-refractivity contribution is -0.119. The number of aliphatic hydroxyl groups excluding tert-OH is 1. The van der Waals surface area contributed by atoms with Crippen molar-refractivity contribution in [2.24, 2.45) is 0 Å². The smallest absolute Gasteiger partial charge is 0.279 e. The number of hydrogen-bond donors (Lipinski definition) is 2. The molecular formula is C11H10F3NO2. The minimum atomic E-state index is -1.28. The normalized spacial score (nSPS) is 12.0. The number of hydrogen-bond acceptors (Lipinski definition) is 2. The molecule has 3 nitrogen and oxygen atoms in total. The van der Waals surface area contributed by atoms with Crippen LogP contribution in [0.4, 0.5) is 13.2 Å². The van der Waals surface area contributed by atoms with Gasteiger partial charge in [-0.1, -0.05) is 18.7 Å². The molecule has 0 fully saturated rings. The summed E-state index contributed by atoms with van der Waals surface area (Å²) in [5.41, 5.74) is -0.262. The van der Waals surface area contributed by atoms with Crippen molar-refractivity contribution in [1.29, 1.82) is 0 Å². The molecular weight excluding hydrogens is 235 g/mol. The van der Waals surface area contributed by atoms with Crippen molar-refractivity contribution in [3.63, 3.8) is 0 Å². The summed E-state index contributed by atoms with van der Waals surface area (Å²) in [7, 11) is 0. The summed E-state index contributed by atoms with van der Waals surface area (Å²) in [6.07, 6.45) is 0. The minimum absolute atomic E-state index is 0.262. The first-order chi connectivity index (χ1) is 7.97. The number of halogens is 3. The van der Waals surface area contributed by atoms with Gasteiger partial charge in [-0.25, -0.2) is 13.2 Å². The summed E-state index contributed by atoms with van der Waals surface area (Å²) in [5.74, 6) is -4.78. The van der Waals surface area contributed by atoms with E-state index in [1.165, 1.54) is 12.1 Å². The average Bonchev–Trinajstić information content (AvgIpc) is 2.29. The van der Waals surface area contributed by atoms with Gasteiger partial charge in [-0.05, 0) is 6.07 Å². The zero-order valence-corrected chi connectivity index (χ0v) is 8.71. The standard InChI is InChI=1S/C11H10F3NO2/c1-6(12)11(17)15-9(5-16)7-3-2-4-8(13)10(7)14/h2-4,9,16H,1,5H2,(H,15,17). The highest BCUT2D eigenvalue weighted by molar-refractivity contribution is 5.90. The molecule has 1 aromatic carbocycles. The van der Waals surface area contributed by atoms with Gasteiger partial charge >= 0.3 is 0 Å². The molecule has 0 radical (unpaired) electrons. The summed E-state index contributed by atoms with van der Waals surface area (Å²) < 4.78 is 38.7. The van der Waals surface area contributed by atoms with Gasteiger partial charge in [0.15, 0.2) is 17.5 Å². The largest absolute Gasteiger partial charge is 0.394 e. The van der Waals surface area contributed by atoms with Crippen molar-refractivity contribution in [1.82, 2.24) is 5.32 Å². The lowest BCUT2D eigenvalue weighted by atomic mass is 10.1. The van der Waals surface area contributed by atoms with Gasteiger partial charge in [-0.2, -0.15) is 0 Å². The molecule has 0 aliphatic carbocycles. The van der Waals surface area contributed by atoms with Crippen LogP contribution in [-0.2, 0) is 4.79 Å². The monoisotopic (exact) mass is 245 g/mol. The highest BCUT2D eigenvalue weighted by Gasteiger charge is 2.20. The first-order valence-corrected chi connectivity index (χ1v) is 4.67. The Morgan fingerprint density at radius 2 is 2.12 bits per heavy atom. The van der Waals surface area contributed by atoms with Gasteiger partial charge in [0.2, 0.25) is 0 Å². The lowest BCUT2D eigenvalue weighted by Crippen LogP contribution is -2.31. The van der Waals surface area contributed by atoms with E-state index in [0.29, 0.717) is 0 Å². The van der Waals surface area contributed by atoms with Crippen LogP contribution in [0.3, 0.4) is 0 Å². The third kappa shape index (κ3) is 3.07. The summed E-state index contributed by atoms with van der Waals surface area (Å²) in [5, 5.41) is 10.9. The average molecular weight is 245 g/mol. The number of nitrogens with one attached hydrogen (secondary N) is 1. The quantitative estimate of drug-likeness (QED) is 0.791. The van der Waals surface area contributed by atoms with E-state index < -0.39 is 36.0 Å². The van der Waals surface area contributed by atoms with Crippen molar-refractivity contribution in [3.8, 4) is 0 Å². The highest BCUT2D eigenvalue weighted by Crippen LogP contribution is 2.19. The van der Waals surface area contributed by atoms with Gasteiger partial charge < -0.3 is 10.4 Å². The Kier molecular flexibility index (Phi) is 4.28. The molecule has 1 unspecified atom stereocenters. The molecule has 92 valence electrons. The number of aliphatic hydroxyl groups is 1. The van der Waals surface area contributed by atoms with E-state index in [2.05, 4.69) is 6.58 Å². The van der Waals surface area contributed by atoms with Crippen LogP contribution < -0.4 is 5.32 Å². The Bertz CT molecular complexity index is 448. The van der Waals surface area contributed by atoms with Crippen LogP contribution in [0.1, 0.15) is 11.6 Å². The van der Waals surface area contributed by atoms with Crippen molar-refractivity contribution < 1.29 is 23.1 Å². The Balaban J connectivity index is 2.98. The molecule has 6 heteroatoms. The Hall–Kier alpha value is -1.82. The number of carbonyl (C=O) groups excluding carboxylic acids is 1. The van der Waals surface area contributed by atoms with E-state index in [0.717, 1.165) is 6.07 Å². The summed E-state index contributed by atoms with van der Waals surface area (Å²) >= 11 is 0. The minimum Gasteiger partial charge on any atom is -0.394 e. The molecule has 17 heavy (non-hydrogen) atoms. The van der Waals surface area contributed by atoms with Gasteiger partial charge in [0.05, 0.1) is 12.6 Å². The van der Waals surface area contributed by atoms with E-state index in [1.54, 1.807) is 0 Å². The molecule has 0 spiro atoms. The van der Waals surface area contributed by atoms with Crippen LogP contribution in [0.2, 0.25) is 0 Å². The maximum Gasteiger partial charge on any atom is 0.279 e. The maximum atomic E-state index is 13.3. The predicted molar refractivity (Wildman–Crippen MR) is 54.6 cm³/mol. The fraction of sp³-hybridized carbons (Fsp3) is 0.182. The Labute approximate surface area is 95.6 Å². The van der Waals surface area contributed by atoms with Crippen LogP contribution in [0.5, 0.6) is 0 Å². The molecule has 0 bridgehead atoms. The molecule has 1 rings (SSSR count). The molecule has 0 heterocycles. The zero-order chi connectivity index (χ0) is 13.0. The lowest BCUT2D eigenvalue weighted by Gasteiger charge is -2.16. The van der Waals surface area contributed by atoms with E-state index in [-0.39, 0.29) is 5.56 Å². The third-order valence-electron chi connectivity index (χ3n) is 2.09. The number of rotatable bonds is 4. The number of carbonyl (C=O) groups is 1. The van der Waals surface area contributed by atoms with Gasteiger partial charge in [-0.3, -0.25) is 4.79 Å². The molecule has 1 amide bonds. The number of benzene rings is 1. The van der Waals surface area contributed by atoms with E-state index in [1.807, 2.05) is 5.32 Å². The van der Waals surface area contributed by atoms with E-state index in [4.69, 9.17) is 5.11 Å². The SMILES string of the molecule is C=C(F)C(=O)NC(CO)c1cccc(F)c1F. The topological polar surface area (TPSA) is 49.3 Å². The summed E-state index contributed by atoms with van der Waals surface area (Å²) in [6.45, 7) is 2.05. The van der Waals surface area contributed by atoms with Crippen molar-refractivity contribution in [2.75, 3.05) is 6.61 Å². The molecule has 0 aliphatic rings. The molecule has 2 N–H and O–H groups in total. The molecule has 1 atom stereocenters. The third-order valence-corrected chi connectivity index (χ3v) is 2.09. The van der Waals surface area contributed by atoms with Gasteiger partial charge in [0, 0.05) is 5.56 Å². The Morgan fingerprint density at radius 3 is 2.65 bits per heavy atom. The highest BCUT2D eigenvalue weighted by atomic mass is 19.2. The second-order valence-electron chi connectivity index (χ2n) is 3.26. The summed E-state index contributed by atoms with van der Waals surface area (Å²) in [6, 6.07) is 2.06. The van der Waals surface area contributed by atoms with Crippen molar-refractivity contribution in [2.45, 2.75) is 6.04 Å². The molecule has 0 saturated carbocycles. The van der Waals surface area contributed by atoms with Crippen LogP contribution >= 0.6 is 0 Å². The molecule has 1 aromatic rings. The zero-order valence-electron chi connectivity index (χ0n) is 8.71. The van der Waals surface area contributed by atoms with Crippen LogP contribution in [-0.4, -0.2) is 17.6 Å². The van der Waals surface area contributed by atoms with Gasteiger partial charge in [-0.15, -0.1) is 0 Å². The first kappa shape index (κ1) is 13.2. The fourth-order valence-corrected chi connectivity index (χ4v) is 1.25. The Morgan fingerprint density at radius 1 is 1.47 bits per heavy atom. The fourth-order valence-electron chi connectivity index (χ4n) is 1.25. The number of amides is 1. The van der Waals surface area contributed by atoms with Crippen LogP contribution in [0.25, 0.3) is 0 Å². The first-order valence-electron chi connectivity index (χ1n) is 4.67. The predicted octanol–water partition coefficient (Wildman–Crippen LogP) is 1.60.